The fourth-order valence-electron chi connectivity index (χ4n) is 4.83. The van der Waals surface area contributed by atoms with Gasteiger partial charge < -0.3 is 9.47 Å². The molecule has 0 spiro atoms. The number of aromatic nitrogens is 2. The number of halogens is 4. The van der Waals surface area contributed by atoms with E-state index >= 15 is 0 Å². The second kappa shape index (κ2) is 17.2. The molecule has 1 aromatic heterocycles. The number of ether oxygens (including phenoxy) is 2. The maximum absolute atomic E-state index is 14.4. The molecule has 0 unspecified atom stereocenters. The molecule has 4 nitrogen and oxygen atoms in total. The van der Waals surface area contributed by atoms with Crippen molar-refractivity contribution < 1.29 is 27.0 Å². The fraction of sp³-hybridized carbons (Fsp3) is 0.625. The van der Waals surface area contributed by atoms with Gasteiger partial charge >= 0.3 is 0 Å². The Hall–Kier alpha value is -2.64. The van der Waals surface area contributed by atoms with Gasteiger partial charge in [-0.05, 0) is 12.8 Å². The van der Waals surface area contributed by atoms with Crippen molar-refractivity contribution in [2.24, 2.45) is 0 Å². The quantitative estimate of drug-likeness (QED) is 0.0450. The molecule has 0 amide bonds. The first kappa shape index (κ1) is 31.9. The van der Waals surface area contributed by atoms with Gasteiger partial charge in [0.15, 0.2) is 34.8 Å². The number of hydrogen-bond donors (Lipinski definition) is 0. The molecule has 0 saturated heterocycles. The van der Waals surface area contributed by atoms with E-state index in [9.17, 15) is 17.6 Å². The van der Waals surface area contributed by atoms with Gasteiger partial charge in [0.05, 0.1) is 24.2 Å². The summed E-state index contributed by atoms with van der Waals surface area (Å²) >= 11 is 0. The van der Waals surface area contributed by atoms with Crippen molar-refractivity contribution >= 4 is 22.1 Å². The first-order chi connectivity index (χ1) is 19.5. The Kier molecular flexibility index (Phi) is 13.7. The summed E-state index contributed by atoms with van der Waals surface area (Å²) in [6.45, 7) is 5.36. The van der Waals surface area contributed by atoms with Crippen LogP contribution in [0.4, 0.5) is 17.6 Å². The van der Waals surface area contributed by atoms with Crippen LogP contribution in [0.15, 0.2) is 12.1 Å². The van der Waals surface area contributed by atoms with E-state index in [1.54, 1.807) is 12.1 Å². The van der Waals surface area contributed by atoms with Crippen molar-refractivity contribution in [1.29, 1.82) is 0 Å². The number of fused-ring (bicyclic) bond motifs is 2. The molecule has 222 valence electrons. The highest BCUT2D eigenvalue weighted by atomic mass is 19.2. The third-order valence-electron chi connectivity index (χ3n) is 7.23. The Bertz CT molecular complexity index is 1110. The molecule has 0 aliphatic carbocycles. The molecule has 0 aliphatic rings. The molecule has 2 aromatic carbocycles. The Morgan fingerprint density at radius 1 is 0.475 bits per heavy atom. The lowest BCUT2D eigenvalue weighted by atomic mass is 10.1. The minimum atomic E-state index is -1.91. The molecular formula is C32H44F4N2O2. The Labute approximate surface area is 235 Å². The zero-order valence-corrected chi connectivity index (χ0v) is 24.1. The van der Waals surface area contributed by atoms with Gasteiger partial charge in [0, 0.05) is 12.1 Å². The van der Waals surface area contributed by atoms with Gasteiger partial charge in [-0.3, -0.25) is 0 Å². The van der Waals surface area contributed by atoms with Crippen LogP contribution in [0.25, 0.3) is 22.1 Å². The van der Waals surface area contributed by atoms with Crippen LogP contribution in [0.3, 0.4) is 0 Å². The molecule has 0 atom stereocenters. The molecule has 0 bridgehead atoms. The lowest BCUT2D eigenvalue weighted by Crippen LogP contribution is -2.05. The highest BCUT2D eigenvalue weighted by Gasteiger charge is 2.23. The smallest absolute Gasteiger partial charge is 0.199 e. The maximum Gasteiger partial charge on any atom is 0.199 e. The summed E-state index contributed by atoms with van der Waals surface area (Å²) in [5.41, 5.74) is -0.958. The van der Waals surface area contributed by atoms with E-state index < -0.39 is 34.3 Å². The topological polar surface area (TPSA) is 44.2 Å². The summed E-state index contributed by atoms with van der Waals surface area (Å²) in [4.78, 5) is 8.13. The summed E-state index contributed by atoms with van der Waals surface area (Å²) in [6.07, 6.45) is 18.7. The second-order valence-electron chi connectivity index (χ2n) is 10.6. The molecule has 3 aromatic rings. The Balaban J connectivity index is 1.68. The van der Waals surface area contributed by atoms with Gasteiger partial charge in [0.1, 0.15) is 11.0 Å². The minimum absolute atomic E-state index is 0.183. The zero-order valence-electron chi connectivity index (χ0n) is 24.1. The molecule has 0 radical (unpaired) electrons. The predicted molar refractivity (Wildman–Crippen MR) is 153 cm³/mol. The Morgan fingerprint density at radius 3 is 1.15 bits per heavy atom. The van der Waals surface area contributed by atoms with Crippen LogP contribution in [0.2, 0.25) is 0 Å². The van der Waals surface area contributed by atoms with Crippen LogP contribution in [0.1, 0.15) is 117 Å². The van der Waals surface area contributed by atoms with Gasteiger partial charge in [-0.2, -0.15) is 0 Å². The lowest BCUT2D eigenvalue weighted by molar-refractivity contribution is 0.259. The van der Waals surface area contributed by atoms with E-state index in [0.717, 1.165) is 38.5 Å². The van der Waals surface area contributed by atoms with Gasteiger partial charge in [0.25, 0.3) is 0 Å². The first-order valence-electron chi connectivity index (χ1n) is 15.2. The summed E-state index contributed by atoms with van der Waals surface area (Å²) < 4.78 is 68.5. The van der Waals surface area contributed by atoms with Crippen molar-refractivity contribution in [3.63, 3.8) is 0 Å². The third-order valence-corrected chi connectivity index (χ3v) is 7.23. The molecule has 0 N–H and O–H groups in total. The lowest BCUT2D eigenvalue weighted by Gasteiger charge is -2.14. The van der Waals surface area contributed by atoms with Crippen LogP contribution < -0.4 is 9.47 Å². The first-order valence-corrected chi connectivity index (χ1v) is 15.2. The van der Waals surface area contributed by atoms with Crippen molar-refractivity contribution in [3.8, 4) is 11.5 Å². The van der Waals surface area contributed by atoms with Gasteiger partial charge in [-0.15, -0.1) is 0 Å². The monoisotopic (exact) mass is 564 g/mol. The highest BCUT2D eigenvalue weighted by Crippen LogP contribution is 2.34. The van der Waals surface area contributed by atoms with Crippen LogP contribution in [-0.4, -0.2) is 23.2 Å². The summed E-state index contributed by atoms with van der Waals surface area (Å²) in [6, 6.07) is 3.10. The maximum atomic E-state index is 14.4. The molecule has 8 heteroatoms. The Morgan fingerprint density at radius 2 is 0.800 bits per heavy atom. The van der Waals surface area contributed by atoms with Gasteiger partial charge in [0.2, 0.25) is 0 Å². The van der Waals surface area contributed by atoms with Crippen LogP contribution in [0, 0.1) is 23.3 Å². The van der Waals surface area contributed by atoms with E-state index in [2.05, 4.69) is 23.8 Å². The molecule has 1 heterocycles. The largest absolute Gasteiger partial charge is 0.490 e. The number of nitrogens with zero attached hydrogens (tertiary/aromatic N) is 2. The van der Waals surface area contributed by atoms with E-state index in [-0.39, 0.29) is 11.0 Å². The molecule has 3 rings (SSSR count). The molecule has 0 fully saturated rings. The SMILES string of the molecule is CCCCCCCCCCOc1cc2nc3c(F)c(F)c(F)c(F)c3nc2cc1OCCCCCCCCCC. The molecule has 0 saturated carbocycles. The molecular weight excluding hydrogens is 520 g/mol. The van der Waals surface area contributed by atoms with Gasteiger partial charge in [-0.25, -0.2) is 27.5 Å². The van der Waals surface area contributed by atoms with Crippen molar-refractivity contribution in [2.75, 3.05) is 13.2 Å². The van der Waals surface area contributed by atoms with Crippen LogP contribution >= 0.6 is 0 Å². The van der Waals surface area contributed by atoms with Crippen molar-refractivity contribution in [2.45, 2.75) is 117 Å². The van der Waals surface area contributed by atoms with Crippen molar-refractivity contribution in [1.82, 2.24) is 9.97 Å². The summed E-state index contributed by atoms with van der Waals surface area (Å²) in [5, 5.41) is 0. The summed E-state index contributed by atoms with van der Waals surface area (Å²) in [7, 11) is 0. The average Bonchev–Trinajstić information content (AvgIpc) is 2.96. The number of rotatable bonds is 20. The fourth-order valence-corrected chi connectivity index (χ4v) is 4.83. The molecule has 0 aliphatic heterocycles. The predicted octanol–water partition coefficient (Wildman–Crippen LogP) is 10.4. The average molecular weight is 565 g/mol. The van der Waals surface area contributed by atoms with E-state index in [1.165, 1.54) is 64.2 Å². The normalized spacial score (nSPS) is 11.6. The van der Waals surface area contributed by atoms with Crippen LogP contribution in [0.5, 0.6) is 11.5 Å². The molecule has 40 heavy (non-hydrogen) atoms. The van der Waals surface area contributed by atoms with E-state index in [0.29, 0.717) is 24.7 Å². The number of hydrogen-bond acceptors (Lipinski definition) is 4. The van der Waals surface area contributed by atoms with Crippen molar-refractivity contribution in [3.05, 3.63) is 35.4 Å². The summed E-state index contributed by atoms with van der Waals surface area (Å²) in [5.74, 6) is -6.11. The standard InChI is InChI=1S/C32H44F4N2O2/c1-3-5-7-9-11-13-15-17-19-39-25-21-23-24(22-26(25)40-20-18-16-14-12-10-8-6-4-2)38-32-30(36)28(34)27(33)29(35)31(32)37-23/h21-22H,3-20H2,1-2H3. The number of unbranched alkanes of at least 4 members (excludes halogenated alkanes) is 14. The second-order valence-corrected chi connectivity index (χ2v) is 10.6. The minimum Gasteiger partial charge on any atom is -0.490 e. The van der Waals surface area contributed by atoms with Crippen LogP contribution in [-0.2, 0) is 0 Å². The third kappa shape index (κ3) is 9.20. The van der Waals surface area contributed by atoms with E-state index in [1.807, 2.05) is 0 Å². The van der Waals surface area contributed by atoms with Gasteiger partial charge in [-0.1, -0.05) is 104 Å². The number of benzene rings is 2. The zero-order chi connectivity index (χ0) is 28.7. The highest BCUT2D eigenvalue weighted by molar-refractivity contribution is 5.88. The van der Waals surface area contributed by atoms with E-state index in [4.69, 9.17) is 9.47 Å².